The molecule has 2 atom stereocenters. The van der Waals surface area contributed by atoms with Crippen molar-refractivity contribution in [1.29, 1.82) is 5.41 Å². The van der Waals surface area contributed by atoms with Crippen molar-refractivity contribution in [3.05, 3.63) is 29.6 Å². The van der Waals surface area contributed by atoms with Crippen molar-refractivity contribution in [2.24, 2.45) is 5.73 Å². The number of amidine groups is 1. The molecule has 1 aliphatic heterocycles. The van der Waals surface area contributed by atoms with Crippen LogP contribution in [-0.2, 0) is 11.3 Å². The smallest absolute Gasteiger partial charge is 0.141 e. The molecule has 0 saturated carbocycles. The minimum atomic E-state index is 0.0141. The standard InChI is InChI=1S/C13H20N4O/c1-9-8-18-10(2)6-17(9)7-11-3-4-16-12(5-11)13(14)15/h3-5,9-10H,6-8H2,1-2H3,(H3,14,15). The molecule has 0 amide bonds. The Morgan fingerprint density at radius 1 is 1.61 bits per heavy atom. The van der Waals surface area contributed by atoms with Crippen molar-refractivity contribution in [2.75, 3.05) is 13.2 Å². The molecule has 0 radical (unpaired) electrons. The van der Waals surface area contributed by atoms with Crippen LogP contribution < -0.4 is 5.73 Å². The summed E-state index contributed by atoms with van der Waals surface area (Å²) in [6, 6.07) is 4.27. The molecular formula is C13H20N4O. The quantitative estimate of drug-likeness (QED) is 0.617. The topological polar surface area (TPSA) is 75.2 Å². The van der Waals surface area contributed by atoms with E-state index in [1.165, 1.54) is 0 Å². The molecule has 1 aromatic heterocycles. The molecule has 0 bridgehead atoms. The first-order chi connectivity index (χ1) is 8.56. The lowest BCUT2D eigenvalue weighted by Gasteiger charge is -2.36. The number of pyridine rings is 1. The molecule has 1 aromatic rings. The van der Waals surface area contributed by atoms with Crippen LogP contribution >= 0.6 is 0 Å². The monoisotopic (exact) mass is 248 g/mol. The molecule has 0 aliphatic carbocycles. The third-order valence-electron chi connectivity index (χ3n) is 3.22. The van der Waals surface area contributed by atoms with Crippen molar-refractivity contribution in [3.8, 4) is 0 Å². The molecule has 5 nitrogen and oxygen atoms in total. The van der Waals surface area contributed by atoms with Crippen LogP contribution in [0.15, 0.2) is 18.3 Å². The molecule has 98 valence electrons. The van der Waals surface area contributed by atoms with E-state index in [4.69, 9.17) is 15.9 Å². The Morgan fingerprint density at radius 3 is 3.11 bits per heavy atom. The van der Waals surface area contributed by atoms with Gasteiger partial charge in [-0.25, -0.2) is 0 Å². The lowest BCUT2D eigenvalue weighted by atomic mass is 10.1. The first-order valence-corrected chi connectivity index (χ1v) is 6.21. The predicted octanol–water partition coefficient (Wildman–Crippen LogP) is 0.975. The fourth-order valence-electron chi connectivity index (χ4n) is 2.15. The number of nitrogens with two attached hydrogens (primary N) is 1. The van der Waals surface area contributed by atoms with Crippen molar-refractivity contribution in [1.82, 2.24) is 9.88 Å². The van der Waals surface area contributed by atoms with Gasteiger partial charge in [0.1, 0.15) is 11.5 Å². The van der Waals surface area contributed by atoms with E-state index in [1.807, 2.05) is 12.1 Å². The number of hydrogen-bond acceptors (Lipinski definition) is 4. The highest BCUT2D eigenvalue weighted by Gasteiger charge is 2.23. The van der Waals surface area contributed by atoms with Gasteiger partial charge in [0.25, 0.3) is 0 Å². The van der Waals surface area contributed by atoms with Gasteiger partial charge in [-0.15, -0.1) is 0 Å². The second kappa shape index (κ2) is 5.46. The number of nitrogens with one attached hydrogen (secondary N) is 1. The zero-order chi connectivity index (χ0) is 13.1. The normalized spacial score (nSPS) is 25.0. The van der Waals surface area contributed by atoms with Gasteiger partial charge in [-0.3, -0.25) is 15.3 Å². The van der Waals surface area contributed by atoms with Gasteiger partial charge in [0.05, 0.1) is 12.7 Å². The largest absolute Gasteiger partial charge is 0.382 e. The molecule has 5 heteroatoms. The maximum atomic E-state index is 7.40. The fraction of sp³-hybridized carbons (Fsp3) is 0.538. The van der Waals surface area contributed by atoms with Gasteiger partial charge in [0.2, 0.25) is 0 Å². The van der Waals surface area contributed by atoms with E-state index in [1.54, 1.807) is 6.20 Å². The minimum Gasteiger partial charge on any atom is -0.382 e. The Labute approximate surface area is 107 Å². The zero-order valence-electron chi connectivity index (χ0n) is 10.9. The van der Waals surface area contributed by atoms with Crippen molar-refractivity contribution in [2.45, 2.75) is 32.5 Å². The van der Waals surface area contributed by atoms with E-state index in [9.17, 15) is 0 Å². The Bertz CT molecular complexity index is 435. The zero-order valence-corrected chi connectivity index (χ0v) is 10.9. The predicted molar refractivity (Wildman–Crippen MR) is 70.5 cm³/mol. The highest BCUT2D eigenvalue weighted by atomic mass is 16.5. The molecule has 18 heavy (non-hydrogen) atoms. The molecular weight excluding hydrogens is 228 g/mol. The SMILES string of the molecule is CC1CN(Cc2ccnc(C(=N)N)c2)C(C)CO1. The van der Waals surface area contributed by atoms with Crippen LogP contribution in [0.1, 0.15) is 25.1 Å². The third kappa shape index (κ3) is 3.05. The average molecular weight is 248 g/mol. The Kier molecular flexibility index (Phi) is 3.93. The minimum absolute atomic E-state index is 0.0141. The van der Waals surface area contributed by atoms with Crippen LogP contribution in [-0.4, -0.2) is 41.0 Å². The first-order valence-electron chi connectivity index (χ1n) is 6.21. The summed E-state index contributed by atoms with van der Waals surface area (Å²) in [5.74, 6) is 0.0141. The number of nitrogen functional groups attached to an aromatic ring is 1. The fourth-order valence-corrected chi connectivity index (χ4v) is 2.15. The number of hydrogen-bond donors (Lipinski definition) is 2. The van der Waals surface area contributed by atoms with Crippen molar-refractivity contribution < 1.29 is 4.74 Å². The Morgan fingerprint density at radius 2 is 2.39 bits per heavy atom. The van der Waals surface area contributed by atoms with E-state index in [2.05, 4.69) is 23.7 Å². The van der Waals surface area contributed by atoms with E-state index < -0.39 is 0 Å². The maximum Gasteiger partial charge on any atom is 0.141 e. The van der Waals surface area contributed by atoms with Gasteiger partial charge in [-0.1, -0.05) is 0 Å². The van der Waals surface area contributed by atoms with Crippen molar-refractivity contribution in [3.63, 3.8) is 0 Å². The van der Waals surface area contributed by atoms with E-state index in [0.717, 1.165) is 25.3 Å². The average Bonchev–Trinajstić information content (AvgIpc) is 2.34. The summed E-state index contributed by atoms with van der Waals surface area (Å²) < 4.78 is 5.61. The molecule has 3 N–H and O–H groups in total. The number of aromatic nitrogens is 1. The second-order valence-electron chi connectivity index (χ2n) is 4.89. The highest BCUT2D eigenvalue weighted by molar-refractivity contribution is 5.93. The summed E-state index contributed by atoms with van der Waals surface area (Å²) in [6.45, 7) is 6.80. The van der Waals surface area contributed by atoms with Crippen LogP contribution in [0.3, 0.4) is 0 Å². The van der Waals surface area contributed by atoms with Crippen LogP contribution in [0.25, 0.3) is 0 Å². The van der Waals surface area contributed by atoms with E-state index in [-0.39, 0.29) is 11.9 Å². The van der Waals surface area contributed by atoms with E-state index in [0.29, 0.717) is 11.7 Å². The summed E-state index contributed by atoms with van der Waals surface area (Å²) in [6.07, 6.45) is 1.98. The molecule has 2 heterocycles. The molecule has 1 fully saturated rings. The van der Waals surface area contributed by atoms with Crippen LogP contribution in [0.5, 0.6) is 0 Å². The lowest BCUT2D eigenvalue weighted by molar-refractivity contribution is -0.0526. The summed E-state index contributed by atoms with van der Waals surface area (Å²) in [4.78, 5) is 6.46. The first kappa shape index (κ1) is 13.0. The summed E-state index contributed by atoms with van der Waals surface area (Å²) in [5.41, 5.74) is 7.13. The third-order valence-corrected chi connectivity index (χ3v) is 3.22. The summed E-state index contributed by atoms with van der Waals surface area (Å²) >= 11 is 0. The number of morpholine rings is 1. The van der Waals surface area contributed by atoms with Crippen LogP contribution in [0, 0.1) is 5.41 Å². The molecule has 2 unspecified atom stereocenters. The van der Waals surface area contributed by atoms with Crippen LogP contribution in [0.4, 0.5) is 0 Å². The number of ether oxygens (including phenoxy) is 1. The molecule has 2 rings (SSSR count). The Balaban J connectivity index is 2.08. The van der Waals surface area contributed by atoms with Gasteiger partial charge in [0.15, 0.2) is 0 Å². The second-order valence-corrected chi connectivity index (χ2v) is 4.89. The summed E-state index contributed by atoms with van der Waals surface area (Å²) in [5, 5.41) is 7.40. The maximum absolute atomic E-state index is 7.40. The van der Waals surface area contributed by atoms with Crippen LogP contribution in [0.2, 0.25) is 0 Å². The lowest BCUT2D eigenvalue weighted by Crippen LogP contribution is -2.46. The van der Waals surface area contributed by atoms with Gasteiger partial charge in [-0.05, 0) is 31.5 Å². The van der Waals surface area contributed by atoms with Crippen molar-refractivity contribution >= 4 is 5.84 Å². The molecule has 0 aromatic carbocycles. The molecule has 1 saturated heterocycles. The number of nitrogens with zero attached hydrogens (tertiary/aromatic N) is 2. The summed E-state index contributed by atoms with van der Waals surface area (Å²) in [7, 11) is 0. The van der Waals surface area contributed by atoms with E-state index >= 15 is 0 Å². The van der Waals surface area contributed by atoms with Gasteiger partial charge in [-0.2, -0.15) is 0 Å². The van der Waals surface area contributed by atoms with Gasteiger partial charge < -0.3 is 10.5 Å². The number of rotatable bonds is 3. The molecule has 1 aliphatic rings. The van der Waals surface area contributed by atoms with Gasteiger partial charge in [0, 0.05) is 25.3 Å². The Hall–Kier alpha value is -1.46. The highest BCUT2D eigenvalue weighted by Crippen LogP contribution is 2.15. The molecule has 0 spiro atoms. The van der Waals surface area contributed by atoms with Gasteiger partial charge >= 0.3 is 0 Å².